The van der Waals surface area contributed by atoms with E-state index in [2.05, 4.69) is 52.8 Å². The first-order valence-electron chi connectivity index (χ1n) is 15.3. The largest absolute Gasteiger partial charge is 0.481 e. The Labute approximate surface area is 250 Å². The third-order valence-electron chi connectivity index (χ3n) is 9.76. The molecule has 1 N–H and O–H groups in total. The van der Waals surface area contributed by atoms with E-state index in [0.29, 0.717) is 18.8 Å². The van der Waals surface area contributed by atoms with E-state index in [1.165, 1.54) is 11.1 Å². The van der Waals surface area contributed by atoms with Gasteiger partial charge in [-0.1, -0.05) is 48.9 Å². The summed E-state index contributed by atoms with van der Waals surface area (Å²) < 4.78 is 3.99. The van der Waals surface area contributed by atoms with Gasteiger partial charge in [-0.3, -0.25) is 9.59 Å². The van der Waals surface area contributed by atoms with Crippen molar-refractivity contribution in [2.45, 2.75) is 65.0 Å². The molecule has 0 saturated heterocycles. The molecule has 3 aliphatic rings. The Morgan fingerprint density at radius 1 is 0.953 bits per heavy atom. The number of aryl methyl sites for hydroxylation is 4. The molecule has 0 aliphatic carbocycles. The van der Waals surface area contributed by atoms with Gasteiger partial charge in [-0.25, -0.2) is 4.68 Å². The quantitative estimate of drug-likeness (QED) is 0.278. The van der Waals surface area contributed by atoms with Crippen LogP contribution in [0.25, 0.3) is 21.9 Å². The number of hydrogen-bond acceptors (Lipinski definition) is 4. The lowest BCUT2D eigenvalue weighted by Crippen LogP contribution is -2.37. The van der Waals surface area contributed by atoms with Crippen molar-refractivity contribution in [1.29, 1.82) is 0 Å². The number of carboxylic acids is 1. The maximum Gasteiger partial charge on any atom is 0.307 e. The first-order chi connectivity index (χ1) is 20.8. The van der Waals surface area contributed by atoms with Crippen LogP contribution in [0.5, 0.6) is 0 Å². The van der Waals surface area contributed by atoms with Gasteiger partial charge < -0.3 is 14.6 Å². The van der Waals surface area contributed by atoms with Crippen LogP contribution in [-0.2, 0) is 37.8 Å². The molecule has 220 valence electrons. The predicted octanol–water partition coefficient (Wildman–Crippen LogP) is 6.01. The fourth-order valence-electron chi connectivity index (χ4n) is 7.20. The molecule has 0 radical (unpaired) electrons. The number of carboxylic acid groups (broad SMARTS) is 1. The predicted molar refractivity (Wildman–Crippen MR) is 166 cm³/mol. The number of amides is 1. The summed E-state index contributed by atoms with van der Waals surface area (Å²) in [6, 6.07) is 19.0. The molecule has 5 heterocycles. The van der Waals surface area contributed by atoms with Gasteiger partial charge in [-0.15, -0.1) is 5.10 Å². The summed E-state index contributed by atoms with van der Waals surface area (Å²) >= 11 is 0. The first kappa shape index (κ1) is 27.4. The number of hydrogen-bond donors (Lipinski definition) is 1. The number of benzene rings is 3. The maximum atomic E-state index is 13.9. The maximum absolute atomic E-state index is 13.9. The Morgan fingerprint density at radius 2 is 1.79 bits per heavy atom. The van der Waals surface area contributed by atoms with Crippen LogP contribution in [0.2, 0.25) is 0 Å². The molecule has 8 nitrogen and oxygen atoms in total. The highest BCUT2D eigenvalue weighted by Crippen LogP contribution is 2.38. The molecular weight excluding hydrogens is 538 g/mol. The van der Waals surface area contributed by atoms with Crippen LogP contribution in [0.3, 0.4) is 0 Å². The Balaban J connectivity index is 1.35. The zero-order valence-corrected chi connectivity index (χ0v) is 25.0. The fourth-order valence-corrected chi connectivity index (χ4v) is 7.20. The standard InChI is InChI=1S/C35H37N5O3/c1-21-28-11-13-30-33(21)36-37-40(30)15-6-4-5-7-23-8-12-29-26(17-23)19-31(38(29)3)34(41)39-16-14-24-9-10-25(18-27(24)20-39)32(28)22(2)35(42)43/h8-13,17-19,22,32H,4-7,14-16,20H2,1-3H3,(H,42,43)/t22-,32-/m0/s1. The number of aliphatic carboxylic acids is 1. The SMILES string of the molecule is Cc1c2ccc3c1nnn3CCCCCc1ccc3c(c1)cc(n3C)C(=O)N1CCc3ccc(cc3C1)[C@@H]2[C@H](C)C(=O)O. The van der Waals surface area contributed by atoms with E-state index >= 15 is 0 Å². The van der Waals surface area contributed by atoms with Crippen molar-refractivity contribution < 1.29 is 14.7 Å². The molecule has 0 spiro atoms. The van der Waals surface area contributed by atoms with Crippen LogP contribution in [0.1, 0.15) is 76.0 Å². The van der Waals surface area contributed by atoms with Gasteiger partial charge in [0.15, 0.2) is 0 Å². The van der Waals surface area contributed by atoms with Crippen LogP contribution in [-0.4, -0.2) is 48.0 Å². The minimum Gasteiger partial charge on any atom is -0.481 e. The van der Waals surface area contributed by atoms with Gasteiger partial charge in [0.2, 0.25) is 0 Å². The third kappa shape index (κ3) is 4.69. The molecule has 5 aromatic rings. The average Bonchev–Trinajstić information content (AvgIpc) is 3.57. The van der Waals surface area contributed by atoms with Crippen molar-refractivity contribution in [3.05, 3.63) is 93.7 Å². The summed E-state index contributed by atoms with van der Waals surface area (Å²) in [5.41, 5.74) is 10.00. The van der Waals surface area contributed by atoms with Gasteiger partial charge in [0.05, 0.1) is 11.4 Å². The van der Waals surface area contributed by atoms with E-state index in [-0.39, 0.29) is 11.8 Å². The molecule has 0 fully saturated rings. The number of fused-ring (bicyclic) bond motifs is 5. The lowest BCUT2D eigenvalue weighted by Gasteiger charge is -2.31. The van der Waals surface area contributed by atoms with Crippen molar-refractivity contribution >= 4 is 33.8 Å². The molecule has 2 aromatic heterocycles. The topological polar surface area (TPSA) is 93.3 Å². The van der Waals surface area contributed by atoms with Crippen molar-refractivity contribution in [2.75, 3.05) is 6.54 Å². The van der Waals surface area contributed by atoms with Crippen LogP contribution < -0.4 is 0 Å². The van der Waals surface area contributed by atoms with Crippen molar-refractivity contribution in [3.63, 3.8) is 0 Å². The number of rotatable bonds is 2. The summed E-state index contributed by atoms with van der Waals surface area (Å²) in [7, 11) is 1.97. The summed E-state index contributed by atoms with van der Waals surface area (Å²) in [6.45, 7) is 5.74. The summed E-state index contributed by atoms with van der Waals surface area (Å²) in [6.07, 6.45) is 4.89. The Hall–Kier alpha value is -4.46. The Bertz CT molecular complexity index is 1900. The second kappa shape index (κ2) is 10.7. The van der Waals surface area contributed by atoms with Crippen molar-refractivity contribution in [1.82, 2.24) is 24.5 Å². The molecule has 1 amide bonds. The van der Waals surface area contributed by atoms with Gasteiger partial charge in [0, 0.05) is 43.5 Å². The second-order valence-corrected chi connectivity index (χ2v) is 12.4. The molecule has 3 aromatic carbocycles. The molecule has 2 atom stereocenters. The van der Waals surface area contributed by atoms with Crippen molar-refractivity contribution in [3.8, 4) is 0 Å². The number of nitrogens with zero attached hydrogens (tertiary/aromatic N) is 5. The second-order valence-electron chi connectivity index (χ2n) is 12.4. The normalized spacial score (nSPS) is 18.2. The summed E-state index contributed by atoms with van der Waals surface area (Å²) in [5.74, 6) is -1.84. The van der Waals surface area contributed by atoms with E-state index in [1.54, 1.807) is 6.92 Å². The Kier molecular flexibility index (Phi) is 6.79. The van der Waals surface area contributed by atoms with Crippen LogP contribution in [0.4, 0.5) is 0 Å². The monoisotopic (exact) mass is 575 g/mol. The smallest absolute Gasteiger partial charge is 0.307 e. The van der Waals surface area contributed by atoms with E-state index in [1.807, 2.05) is 40.3 Å². The van der Waals surface area contributed by atoms with Gasteiger partial charge >= 0.3 is 5.97 Å². The highest BCUT2D eigenvalue weighted by atomic mass is 16.4. The zero-order valence-electron chi connectivity index (χ0n) is 25.0. The molecule has 0 unspecified atom stereocenters. The third-order valence-corrected chi connectivity index (χ3v) is 9.76. The Morgan fingerprint density at radius 3 is 2.63 bits per heavy atom. The number of carbonyl (C=O) groups is 2. The molecule has 43 heavy (non-hydrogen) atoms. The van der Waals surface area contributed by atoms with Crippen LogP contribution >= 0.6 is 0 Å². The molecule has 0 saturated carbocycles. The fraction of sp³-hybridized carbons (Fsp3) is 0.371. The molecular formula is C35H37N5O3. The number of aromatic nitrogens is 4. The lowest BCUT2D eigenvalue weighted by molar-refractivity contribution is -0.141. The van der Waals surface area contributed by atoms with Gasteiger partial charge in [-0.05, 0) is 90.3 Å². The average molecular weight is 576 g/mol. The van der Waals surface area contributed by atoms with Crippen LogP contribution in [0, 0.1) is 12.8 Å². The first-order valence-corrected chi connectivity index (χ1v) is 15.3. The molecule has 8 heteroatoms. The van der Waals surface area contributed by atoms with E-state index in [9.17, 15) is 14.7 Å². The molecule has 3 aliphatic heterocycles. The van der Waals surface area contributed by atoms with Gasteiger partial charge in [0.25, 0.3) is 5.91 Å². The van der Waals surface area contributed by atoms with Gasteiger partial charge in [0.1, 0.15) is 11.2 Å². The summed E-state index contributed by atoms with van der Waals surface area (Å²) in [5, 5.41) is 20.3. The van der Waals surface area contributed by atoms with Crippen LogP contribution in [0.15, 0.2) is 54.6 Å². The van der Waals surface area contributed by atoms with E-state index < -0.39 is 11.9 Å². The minimum atomic E-state index is -0.844. The van der Waals surface area contributed by atoms with E-state index in [4.69, 9.17) is 0 Å². The lowest BCUT2D eigenvalue weighted by atomic mass is 9.78. The zero-order chi connectivity index (χ0) is 29.8. The molecule has 8 rings (SSSR count). The summed E-state index contributed by atoms with van der Waals surface area (Å²) in [4.78, 5) is 28.2. The van der Waals surface area contributed by atoms with Crippen molar-refractivity contribution in [2.24, 2.45) is 13.0 Å². The highest BCUT2D eigenvalue weighted by Gasteiger charge is 2.31. The molecule has 10 bridgehead atoms. The van der Waals surface area contributed by atoms with E-state index in [0.717, 1.165) is 82.8 Å². The minimum absolute atomic E-state index is 0.0262. The van der Waals surface area contributed by atoms with Gasteiger partial charge in [-0.2, -0.15) is 0 Å². The highest BCUT2D eigenvalue weighted by molar-refractivity contribution is 5.99. The number of carbonyl (C=O) groups excluding carboxylic acids is 1.